The molecule has 0 aliphatic rings. The molecule has 0 radical (unpaired) electrons. The molecule has 0 fully saturated rings. The summed E-state index contributed by atoms with van der Waals surface area (Å²) in [6, 6.07) is 8.70. The van der Waals surface area contributed by atoms with Crippen LogP contribution in [0.3, 0.4) is 0 Å². The first-order valence-corrected chi connectivity index (χ1v) is 6.37. The zero-order chi connectivity index (χ0) is 12.3. The number of rotatable bonds is 5. The van der Waals surface area contributed by atoms with Gasteiger partial charge in [0.15, 0.2) is 0 Å². The lowest BCUT2D eigenvalue weighted by molar-refractivity contribution is 0.384. The maximum Gasteiger partial charge on any atom is 0.121 e. The van der Waals surface area contributed by atoms with Crippen LogP contribution >= 0.6 is 0 Å². The highest BCUT2D eigenvalue weighted by Gasteiger charge is 2.10. The smallest absolute Gasteiger partial charge is 0.121 e. The summed E-state index contributed by atoms with van der Waals surface area (Å²) < 4.78 is 0. The summed E-state index contributed by atoms with van der Waals surface area (Å²) >= 11 is 0. The molecular formula is C14H21N3. The number of hydrogen-bond acceptors (Lipinski definition) is 2. The van der Waals surface area contributed by atoms with Crippen LogP contribution < -0.4 is 5.32 Å². The summed E-state index contributed by atoms with van der Waals surface area (Å²) in [5.41, 5.74) is 2.16. The van der Waals surface area contributed by atoms with Gasteiger partial charge in [-0.25, -0.2) is 4.98 Å². The van der Waals surface area contributed by atoms with E-state index in [4.69, 9.17) is 0 Å². The molecule has 0 amide bonds. The Hall–Kier alpha value is -1.35. The van der Waals surface area contributed by atoms with Gasteiger partial charge in [-0.05, 0) is 24.5 Å². The van der Waals surface area contributed by atoms with E-state index in [9.17, 15) is 0 Å². The van der Waals surface area contributed by atoms with Crippen LogP contribution in [0, 0.1) is 5.92 Å². The van der Waals surface area contributed by atoms with Crippen LogP contribution in [0.4, 0.5) is 0 Å². The first-order chi connectivity index (χ1) is 8.20. The molecule has 0 spiro atoms. The normalized spacial score (nSPS) is 13.4. The number of aromatic amines is 1. The average molecular weight is 231 g/mol. The second kappa shape index (κ2) is 5.32. The van der Waals surface area contributed by atoms with Gasteiger partial charge in [-0.15, -0.1) is 0 Å². The molecule has 1 heterocycles. The molecular weight excluding hydrogens is 210 g/mol. The summed E-state index contributed by atoms with van der Waals surface area (Å²) in [4.78, 5) is 7.90. The predicted molar refractivity (Wildman–Crippen MR) is 71.9 cm³/mol. The Morgan fingerprint density at radius 1 is 1.29 bits per heavy atom. The molecule has 1 aromatic heterocycles. The number of para-hydroxylation sites is 2. The minimum Gasteiger partial charge on any atom is -0.341 e. The van der Waals surface area contributed by atoms with Gasteiger partial charge in [0.1, 0.15) is 5.82 Å². The zero-order valence-electron chi connectivity index (χ0n) is 10.8. The molecule has 92 valence electrons. The molecule has 0 saturated carbocycles. The lowest BCUT2D eigenvalue weighted by Crippen LogP contribution is -2.32. The number of H-pyrrole nitrogens is 1. The van der Waals surface area contributed by atoms with Gasteiger partial charge in [-0.3, -0.25) is 0 Å². The molecule has 0 aliphatic heterocycles. The van der Waals surface area contributed by atoms with E-state index in [1.807, 2.05) is 18.2 Å². The van der Waals surface area contributed by atoms with Crippen molar-refractivity contribution >= 4 is 11.0 Å². The van der Waals surface area contributed by atoms with Gasteiger partial charge >= 0.3 is 0 Å². The number of benzene rings is 1. The summed E-state index contributed by atoms with van der Waals surface area (Å²) in [5, 5.41) is 3.55. The Kier molecular flexibility index (Phi) is 3.79. The Bertz CT molecular complexity index is 440. The third kappa shape index (κ3) is 2.86. The number of aromatic nitrogens is 2. The predicted octanol–water partition coefficient (Wildman–Crippen LogP) is 3.09. The van der Waals surface area contributed by atoms with E-state index >= 15 is 0 Å². The number of nitrogens with one attached hydrogen (secondary N) is 2. The molecule has 1 unspecified atom stereocenters. The highest BCUT2D eigenvalue weighted by atomic mass is 15.0. The minimum absolute atomic E-state index is 0.559. The molecule has 3 heteroatoms. The topological polar surface area (TPSA) is 40.7 Å². The third-order valence-corrected chi connectivity index (χ3v) is 3.21. The quantitative estimate of drug-likeness (QED) is 0.830. The maximum atomic E-state index is 4.56. The first kappa shape index (κ1) is 12.1. The SMILES string of the molecule is CCC(NCc1nc2ccccc2[nH]1)C(C)C. The zero-order valence-corrected chi connectivity index (χ0v) is 10.8. The van der Waals surface area contributed by atoms with Crippen molar-refractivity contribution in [2.24, 2.45) is 5.92 Å². The molecule has 0 bridgehead atoms. The van der Waals surface area contributed by atoms with E-state index < -0.39 is 0 Å². The molecule has 2 rings (SSSR count). The fraction of sp³-hybridized carbons (Fsp3) is 0.500. The fourth-order valence-corrected chi connectivity index (χ4v) is 2.17. The van der Waals surface area contributed by atoms with Gasteiger partial charge in [-0.1, -0.05) is 32.9 Å². The monoisotopic (exact) mass is 231 g/mol. The van der Waals surface area contributed by atoms with Crippen molar-refractivity contribution in [2.75, 3.05) is 0 Å². The van der Waals surface area contributed by atoms with Crippen LogP contribution in [-0.2, 0) is 6.54 Å². The van der Waals surface area contributed by atoms with E-state index in [0.717, 1.165) is 29.8 Å². The highest BCUT2D eigenvalue weighted by molar-refractivity contribution is 5.74. The summed E-state index contributed by atoms with van der Waals surface area (Å²) in [6.07, 6.45) is 1.15. The lowest BCUT2D eigenvalue weighted by atomic mass is 10.0. The summed E-state index contributed by atoms with van der Waals surface area (Å²) in [5.74, 6) is 1.68. The van der Waals surface area contributed by atoms with Gasteiger partial charge in [0.2, 0.25) is 0 Å². The Morgan fingerprint density at radius 3 is 2.71 bits per heavy atom. The van der Waals surface area contributed by atoms with E-state index in [1.165, 1.54) is 0 Å². The van der Waals surface area contributed by atoms with E-state index in [0.29, 0.717) is 12.0 Å². The Labute approximate surface area is 103 Å². The molecule has 1 aromatic carbocycles. The van der Waals surface area contributed by atoms with Crippen LogP contribution in [0.2, 0.25) is 0 Å². The minimum atomic E-state index is 0.559. The molecule has 17 heavy (non-hydrogen) atoms. The third-order valence-electron chi connectivity index (χ3n) is 3.21. The number of imidazole rings is 1. The summed E-state index contributed by atoms with van der Waals surface area (Å²) in [7, 11) is 0. The van der Waals surface area contributed by atoms with Crippen LogP contribution in [0.5, 0.6) is 0 Å². The van der Waals surface area contributed by atoms with Crippen molar-refractivity contribution in [3.8, 4) is 0 Å². The number of hydrogen-bond donors (Lipinski definition) is 2. The van der Waals surface area contributed by atoms with Crippen LogP contribution in [0.1, 0.15) is 33.0 Å². The summed E-state index contributed by atoms with van der Waals surface area (Å²) in [6.45, 7) is 7.53. The molecule has 2 N–H and O–H groups in total. The molecule has 0 saturated heterocycles. The van der Waals surface area contributed by atoms with Crippen LogP contribution in [0.15, 0.2) is 24.3 Å². The largest absolute Gasteiger partial charge is 0.341 e. The average Bonchev–Trinajstić information content (AvgIpc) is 2.71. The highest BCUT2D eigenvalue weighted by Crippen LogP contribution is 2.11. The van der Waals surface area contributed by atoms with Crippen molar-refractivity contribution in [3.63, 3.8) is 0 Å². The lowest BCUT2D eigenvalue weighted by Gasteiger charge is -2.19. The second-order valence-corrected chi connectivity index (χ2v) is 4.84. The molecule has 1 atom stereocenters. The van der Waals surface area contributed by atoms with Crippen LogP contribution in [0.25, 0.3) is 11.0 Å². The maximum absolute atomic E-state index is 4.56. The van der Waals surface area contributed by atoms with E-state index in [-0.39, 0.29) is 0 Å². The van der Waals surface area contributed by atoms with Crippen molar-refractivity contribution in [3.05, 3.63) is 30.1 Å². The molecule has 2 aromatic rings. The van der Waals surface area contributed by atoms with Gasteiger partial charge in [0.25, 0.3) is 0 Å². The first-order valence-electron chi connectivity index (χ1n) is 6.37. The molecule has 3 nitrogen and oxygen atoms in total. The van der Waals surface area contributed by atoms with Crippen molar-refractivity contribution in [1.82, 2.24) is 15.3 Å². The second-order valence-electron chi connectivity index (χ2n) is 4.84. The number of fused-ring (bicyclic) bond motifs is 1. The van der Waals surface area contributed by atoms with Crippen molar-refractivity contribution < 1.29 is 0 Å². The Balaban J connectivity index is 2.03. The van der Waals surface area contributed by atoms with Gasteiger partial charge in [0, 0.05) is 6.04 Å². The standard InChI is InChI=1S/C14H21N3/c1-4-11(10(2)3)15-9-14-16-12-7-5-6-8-13(12)17-14/h5-8,10-11,15H,4,9H2,1-3H3,(H,16,17). The molecule has 0 aliphatic carbocycles. The van der Waals surface area contributed by atoms with E-state index in [2.05, 4.69) is 42.1 Å². The van der Waals surface area contributed by atoms with Gasteiger partial charge in [0.05, 0.1) is 17.6 Å². The fourth-order valence-electron chi connectivity index (χ4n) is 2.17. The van der Waals surface area contributed by atoms with E-state index in [1.54, 1.807) is 0 Å². The van der Waals surface area contributed by atoms with Crippen LogP contribution in [-0.4, -0.2) is 16.0 Å². The van der Waals surface area contributed by atoms with Gasteiger partial charge < -0.3 is 10.3 Å². The number of nitrogens with zero attached hydrogens (tertiary/aromatic N) is 1. The van der Waals surface area contributed by atoms with Crippen molar-refractivity contribution in [1.29, 1.82) is 0 Å². The van der Waals surface area contributed by atoms with Gasteiger partial charge in [-0.2, -0.15) is 0 Å². The Morgan fingerprint density at radius 2 is 2.06 bits per heavy atom. The van der Waals surface area contributed by atoms with Crippen molar-refractivity contribution in [2.45, 2.75) is 39.8 Å².